The van der Waals surface area contributed by atoms with Crippen LogP contribution in [0.15, 0.2) is 47.6 Å². The van der Waals surface area contributed by atoms with Crippen molar-refractivity contribution in [3.05, 3.63) is 42.7 Å². The number of amides is 2. The van der Waals surface area contributed by atoms with Crippen LogP contribution >= 0.6 is 0 Å². The molecule has 2 amide bonds. The molecule has 1 heterocycles. The number of carbonyl (C=O) groups excluding carboxylic acids is 2. The van der Waals surface area contributed by atoms with Crippen LogP contribution in [0.5, 0.6) is 0 Å². The highest BCUT2D eigenvalue weighted by Gasteiger charge is 2.54. The molecule has 4 fully saturated rings. The normalized spacial score (nSPS) is 26.8. The summed E-state index contributed by atoms with van der Waals surface area (Å²) in [6, 6.07) is 7.48. The SMILES string of the molecule is O=C(CCCNC(=O)C12CC3CC(CC(C3)C1)C2)Nc1ccc(S(=O)(=O)Nc2ncccn2)cc1. The minimum atomic E-state index is -3.83. The fourth-order valence-electron chi connectivity index (χ4n) is 6.50. The first-order valence-electron chi connectivity index (χ1n) is 12.3. The highest BCUT2D eigenvalue weighted by Crippen LogP contribution is 2.60. The van der Waals surface area contributed by atoms with Gasteiger partial charge >= 0.3 is 0 Å². The molecule has 0 saturated heterocycles. The predicted molar refractivity (Wildman–Crippen MR) is 131 cm³/mol. The largest absolute Gasteiger partial charge is 0.356 e. The molecule has 6 rings (SSSR count). The second-order valence-electron chi connectivity index (χ2n) is 10.3. The Labute approximate surface area is 205 Å². The molecule has 3 N–H and O–H groups in total. The van der Waals surface area contributed by atoms with E-state index < -0.39 is 10.0 Å². The fourth-order valence-corrected chi connectivity index (χ4v) is 7.46. The Bertz CT molecular complexity index is 1150. The summed E-state index contributed by atoms with van der Waals surface area (Å²) >= 11 is 0. The van der Waals surface area contributed by atoms with Crippen molar-refractivity contribution in [3.8, 4) is 0 Å². The summed E-state index contributed by atoms with van der Waals surface area (Å²) in [6.45, 7) is 0.485. The molecular weight excluding hydrogens is 466 g/mol. The lowest BCUT2D eigenvalue weighted by Crippen LogP contribution is -2.53. The van der Waals surface area contributed by atoms with E-state index in [0.29, 0.717) is 18.7 Å². The molecule has 4 bridgehead atoms. The average Bonchev–Trinajstić information content (AvgIpc) is 2.81. The first kappa shape index (κ1) is 23.7. The number of nitrogens with zero attached hydrogens (tertiary/aromatic N) is 2. The lowest BCUT2D eigenvalue weighted by molar-refractivity contribution is -0.146. The van der Waals surface area contributed by atoms with Crippen molar-refractivity contribution in [3.63, 3.8) is 0 Å². The van der Waals surface area contributed by atoms with Gasteiger partial charge < -0.3 is 10.6 Å². The van der Waals surface area contributed by atoms with Crippen LogP contribution in [0.4, 0.5) is 11.6 Å². The van der Waals surface area contributed by atoms with Gasteiger partial charge in [0, 0.05) is 36.5 Å². The van der Waals surface area contributed by atoms with E-state index >= 15 is 0 Å². The van der Waals surface area contributed by atoms with Gasteiger partial charge in [0.05, 0.1) is 4.90 Å². The van der Waals surface area contributed by atoms with E-state index in [1.54, 1.807) is 6.07 Å². The molecule has 2 aromatic rings. The first-order chi connectivity index (χ1) is 16.8. The monoisotopic (exact) mass is 497 g/mol. The van der Waals surface area contributed by atoms with Gasteiger partial charge in [-0.2, -0.15) is 0 Å². The van der Waals surface area contributed by atoms with Crippen molar-refractivity contribution in [1.29, 1.82) is 0 Å². The van der Waals surface area contributed by atoms with Crippen molar-refractivity contribution < 1.29 is 18.0 Å². The molecule has 9 nitrogen and oxygen atoms in total. The standard InChI is InChI=1S/C25H31N5O4S/c31-22(3-1-8-26-23(32)25-14-17-11-18(15-25)13-19(12-17)16-25)29-20-4-6-21(7-5-20)35(33,34)30-24-27-9-2-10-28-24/h2,4-7,9-10,17-19H,1,3,8,11-16H2,(H,26,32)(H,29,31)(H,27,28,30). The quantitative estimate of drug-likeness (QED) is 0.456. The maximum Gasteiger partial charge on any atom is 0.264 e. The highest BCUT2D eigenvalue weighted by atomic mass is 32.2. The zero-order chi connectivity index (χ0) is 24.5. The van der Waals surface area contributed by atoms with Gasteiger partial charge in [0.2, 0.25) is 17.8 Å². The third-order valence-electron chi connectivity index (χ3n) is 7.63. The van der Waals surface area contributed by atoms with Crippen LogP contribution in [-0.4, -0.2) is 36.7 Å². The number of aromatic nitrogens is 2. The summed E-state index contributed by atoms with van der Waals surface area (Å²) in [5.41, 5.74) is 0.336. The van der Waals surface area contributed by atoms with Gasteiger partial charge in [-0.1, -0.05) is 0 Å². The topological polar surface area (TPSA) is 130 Å². The average molecular weight is 498 g/mol. The summed E-state index contributed by atoms with van der Waals surface area (Å²) in [7, 11) is -3.83. The fraction of sp³-hybridized carbons (Fsp3) is 0.520. The Morgan fingerprint density at radius 2 is 1.54 bits per heavy atom. The molecule has 4 aliphatic rings. The zero-order valence-electron chi connectivity index (χ0n) is 19.6. The Morgan fingerprint density at radius 1 is 0.943 bits per heavy atom. The second-order valence-corrected chi connectivity index (χ2v) is 12.0. The first-order valence-corrected chi connectivity index (χ1v) is 13.8. The van der Waals surface area contributed by atoms with E-state index in [-0.39, 0.29) is 34.5 Å². The van der Waals surface area contributed by atoms with Crippen molar-refractivity contribution in [2.75, 3.05) is 16.6 Å². The van der Waals surface area contributed by atoms with Crippen molar-refractivity contribution in [2.45, 2.75) is 56.3 Å². The molecule has 0 radical (unpaired) electrons. The lowest BCUT2D eigenvalue weighted by Gasteiger charge is -2.55. The van der Waals surface area contributed by atoms with Crippen molar-refractivity contribution in [1.82, 2.24) is 15.3 Å². The van der Waals surface area contributed by atoms with Crippen molar-refractivity contribution in [2.24, 2.45) is 23.2 Å². The van der Waals surface area contributed by atoms with Crippen molar-refractivity contribution >= 4 is 33.5 Å². The Balaban J connectivity index is 1.06. The Hall–Kier alpha value is -3.01. The summed E-state index contributed by atoms with van der Waals surface area (Å²) in [4.78, 5) is 33.1. The van der Waals surface area contributed by atoms with E-state index in [2.05, 4.69) is 25.3 Å². The van der Waals surface area contributed by atoms with E-state index in [1.807, 2.05) is 0 Å². The molecule has 0 unspecified atom stereocenters. The van der Waals surface area contributed by atoms with Gasteiger partial charge in [-0.15, -0.1) is 0 Å². The Morgan fingerprint density at radius 3 is 2.14 bits per heavy atom. The number of sulfonamides is 1. The second kappa shape index (κ2) is 9.56. The summed E-state index contributed by atoms with van der Waals surface area (Å²) in [5.74, 6) is 2.16. The third-order valence-corrected chi connectivity index (χ3v) is 8.97. The maximum atomic E-state index is 13.0. The van der Waals surface area contributed by atoms with Gasteiger partial charge in [-0.25, -0.2) is 23.1 Å². The number of carbonyl (C=O) groups is 2. The maximum absolute atomic E-state index is 13.0. The number of benzene rings is 1. The van der Waals surface area contributed by atoms with E-state index in [4.69, 9.17) is 0 Å². The molecule has 0 aliphatic heterocycles. The molecular formula is C25H31N5O4S. The summed E-state index contributed by atoms with van der Waals surface area (Å²) < 4.78 is 27.2. The molecule has 1 aromatic carbocycles. The summed E-state index contributed by atoms with van der Waals surface area (Å²) in [5, 5.41) is 5.88. The van der Waals surface area contributed by atoms with Crippen LogP contribution in [0, 0.1) is 23.2 Å². The molecule has 10 heteroatoms. The molecule has 186 valence electrons. The summed E-state index contributed by atoms with van der Waals surface area (Å²) in [6.07, 6.45) is 10.7. The Kier molecular flexibility index (Phi) is 6.48. The van der Waals surface area contributed by atoms with Gasteiger partial charge in [0.15, 0.2) is 0 Å². The van der Waals surface area contributed by atoms with Crippen LogP contribution in [-0.2, 0) is 19.6 Å². The molecule has 4 saturated carbocycles. The number of hydrogen-bond acceptors (Lipinski definition) is 6. The molecule has 0 spiro atoms. The molecule has 1 aromatic heterocycles. The van der Waals surface area contributed by atoms with Crippen LogP contribution in [0.2, 0.25) is 0 Å². The van der Waals surface area contributed by atoms with Crippen LogP contribution in [0.3, 0.4) is 0 Å². The smallest absolute Gasteiger partial charge is 0.264 e. The number of hydrogen-bond donors (Lipinski definition) is 3. The molecule has 0 atom stereocenters. The number of nitrogens with one attached hydrogen (secondary N) is 3. The van der Waals surface area contributed by atoms with Gasteiger partial charge in [0.1, 0.15) is 0 Å². The zero-order valence-corrected chi connectivity index (χ0v) is 20.4. The van der Waals surface area contributed by atoms with E-state index in [0.717, 1.165) is 37.0 Å². The van der Waals surface area contributed by atoms with Crippen LogP contribution in [0.25, 0.3) is 0 Å². The minimum absolute atomic E-state index is 0.0137. The highest BCUT2D eigenvalue weighted by molar-refractivity contribution is 7.92. The van der Waals surface area contributed by atoms with Gasteiger partial charge in [0.25, 0.3) is 10.0 Å². The van der Waals surface area contributed by atoms with E-state index in [1.165, 1.54) is 55.9 Å². The van der Waals surface area contributed by atoms with Gasteiger partial charge in [-0.3, -0.25) is 9.59 Å². The third kappa shape index (κ3) is 5.32. The minimum Gasteiger partial charge on any atom is -0.356 e. The van der Waals surface area contributed by atoms with Crippen LogP contribution < -0.4 is 15.4 Å². The lowest BCUT2D eigenvalue weighted by atomic mass is 9.49. The van der Waals surface area contributed by atoms with Crippen LogP contribution in [0.1, 0.15) is 51.4 Å². The van der Waals surface area contributed by atoms with Gasteiger partial charge in [-0.05, 0) is 93.0 Å². The predicted octanol–water partition coefficient (Wildman–Crippen LogP) is 3.33. The molecule has 4 aliphatic carbocycles. The molecule has 35 heavy (non-hydrogen) atoms. The number of rotatable bonds is 9. The number of anilines is 2. The van der Waals surface area contributed by atoms with E-state index in [9.17, 15) is 18.0 Å².